The first-order valence-electron chi connectivity index (χ1n) is 12.1. The van der Waals surface area contributed by atoms with Gasteiger partial charge in [0.25, 0.3) is 5.56 Å². The predicted octanol–water partition coefficient (Wildman–Crippen LogP) is 3.60. The van der Waals surface area contributed by atoms with Gasteiger partial charge in [-0.15, -0.1) is 0 Å². The van der Waals surface area contributed by atoms with Crippen LogP contribution >= 0.6 is 0 Å². The first-order chi connectivity index (χ1) is 14.5. The van der Waals surface area contributed by atoms with E-state index in [1.165, 1.54) is 45.4 Å². The Morgan fingerprint density at radius 3 is 2.60 bits per heavy atom. The first-order valence-corrected chi connectivity index (χ1v) is 12.1. The SMILES string of the molecule is CCC/C(=N/CC)c1nc(C(CCCN2CCN(C)CC2)CC2CC2)[nH]c(=O)c1C. The number of hydrogen-bond donors (Lipinski definition) is 1. The van der Waals surface area contributed by atoms with E-state index in [1.54, 1.807) is 0 Å². The van der Waals surface area contributed by atoms with Gasteiger partial charge in [0.1, 0.15) is 5.82 Å². The van der Waals surface area contributed by atoms with E-state index in [4.69, 9.17) is 4.98 Å². The molecule has 1 aliphatic heterocycles. The number of rotatable bonds is 11. The first kappa shape index (κ1) is 23.1. The smallest absolute Gasteiger partial charge is 0.254 e. The summed E-state index contributed by atoms with van der Waals surface area (Å²) in [5.74, 6) is 2.06. The normalized spacial score (nSPS) is 19.9. The van der Waals surface area contributed by atoms with Crippen LogP contribution < -0.4 is 5.56 Å². The number of piperazine rings is 1. The summed E-state index contributed by atoms with van der Waals surface area (Å²) in [6.07, 6.45) is 7.97. The monoisotopic (exact) mass is 415 g/mol. The number of nitrogens with zero attached hydrogens (tertiary/aromatic N) is 4. The van der Waals surface area contributed by atoms with Crippen molar-refractivity contribution in [3.63, 3.8) is 0 Å². The molecule has 2 heterocycles. The zero-order valence-electron chi connectivity index (χ0n) is 19.5. The molecule has 1 aromatic rings. The highest BCUT2D eigenvalue weighted by Gasteiger charge is 2.28. The van der Waals surface area contributed by atoms with Crippen LogP contribution in [0.2, 0.25) is 0 Å². The van der Waals surface area contributed by atoms with Gasteiger partial charge in [-0.05, 0) is 59.0 Å². The summed E-state index contributed by atoms with van der Waals surface area (Å²) in [4.78, 5) is 30.6. The third-order valence-corrected chi connectivity index (χ3v) is 6.60. The molecule has 0 amide bonds. The number of aromatic nitrogens is 2. The van der Waals surface area contributed by atoms with Crippen molar-refractivity contribution in [2.24, 2.45) is 10.9 Å². The van der Waals surface area contributed by atoms with Crippen molar-refractivity contribution in [3.8, 4) is 0 Å². The fraction of sp³-hybridized carbons (Fsp3) is 0.792. The predicted molar refractivity (Wildman–Crippen MR) is 125 cm³/mol. The minimum atomic E-state index is 0.00905. The Morgan fingerprint density at radius 1 is 1.23 bits per heavy atom. The molecule has 1 unspecified atom stereocenters. The van der Waals surface area contributed by atoms with Crippen LogP contribution in [0, 0.1) is 12.8 Å². The summed E-state index contributed by atoms with van der Waals surface area (Å²) in [6, 6.07) is 0. The van der Waals surface area contributed by atoms with E-state index in [2.05, 4.69) is 33.7 Å². The molecule has 1 saturated heterocycles. The van der Waals surface area contributed by atoms with Crippen molar-refractivity contribution in [3.05, 3.63) is 27.4 Å². The van der Waals surface area contributed by atoms with Crippen LogP contribution in [-0.2, 0) is 0 Å². The van der Waals surface area contributed by atoms with Crippen molar-refractivity contribution < 1.29 is 0 Å². The van der Waals surface area contributed by atoms with E-state index >= 15 is 0 Å². The number of nitrogens with one attached hydrogen (secondary N) is 1. The topological polar surface area (TPSA) is 64.6 Å². The van der Waals surface area contributed by atoms with E-state index < -0.39 is 0 Å². The maximum Gasteiger partial charge on any atom is 0.254 e. The zero-order chi connectivity index (χ0) is 21.5. The van der Waals surface area contributed by atoms with E-state index in [0.29, 0.717) is 11.5 Å². The van der Waals surface area contributed by atoms with Crippen LogP contribution in [-0.4, -0.2) is 71.8 Å². The molecule has 2 aliphatic rings. The summed E-state index contributed by atoms with van der Waals surface area (Å²) in [5.41, 5.74) is 2.54. The number of H-pyrrole nitrogens is 1. The number of likely N-dealkylation sites (N-methyl/N-ethyl adjacent to an activating group) is 1. The van der Waals surface area contributed by atoms with Crippen molar-refractivity contribution in [1.82, 2.24) is 19.8 Å². The third kappa shape index (κ3) is 6.48. The lowest BCUT2D eigenvalue weighted by Gasteiger charge is -2.32. The van der Waals surface area contributed by atoms with Crippen LogP contribution in [0.1, 0.15) is 81.8 Å². The molecular formula is C24H41N5O. The van der Waals surface area contributed by atoms with Crippen LogP contribution in [0.3, 0.4) is 0 Å². The van der Waals surface area contributed by atoms with Gasteiger partial charge in [-0.2, -0.15) is 0 Å². The van der Waals surface area contributed by atoms with Gasteiger partial charge in [0.15, 0.2) is 0 Å². The van der Waals surface area contributed by atoms with Gasteiger partial charge in [-0.25, -0.2) is 4.98 Å². The second-order valence-electron chi connectivity index (χ2n) is 9.26. The average Bonchev–Trinajstić information content (AvgIpc) is 3.55. The van der Waals surface area contributed by atoms with Crippen molar-refractivity contribution in [1.29, 1.82) is 0 Å². The van der Waals surface area contributed by atoms with Gasteiger partial charge in [0.2, 0.25) is 0 Å². The minimum absolute atomic E-state index is 0.00905. The standard InChI is InChI=1S/C24H41N5O/c1-5-8-21(25-6-2)22-18(3)24(30)27-23(26-22)20(17-19-10-11-19)9-7-12-29-15-13-28(4)14-16-29/h19-20H,5-17H2,1-4H3,(H,26,27,30)/b25-21-. The average molecular weight is 416 g/mol. The Kier molecular flexibility index (Phi) is 8.63. The van der Waals surface area contributed by atoms with Gasteiger partial charge < -0.3 is 14.8 Å². The molecule has 0 spiro atoms. The summed E-state index contributed by atoms with van der Waals surface area (Å²) in [6.45, 7) is 12.6. The molecule has 1 aliphatic carbocycles. The maximum absolute atomic E-state index is 12.8. The van der Waals surface area contributed by atoms with Gasteiger partial charge in [-0.3, -0.25) is 9.79 Å². The highest BCUT2D eigenvalue weighted by atomic mass is 16.1. The lowest BCUT2D eigenvalue weighted by Crippen LogP contribution is -2.44. The molecule has 6 heteroatoms. The molecule has 1 N–H and O–H groups in total. The molecule has 2 fully saturated rings. The Bertz CT molecular complexity index is 759. The molecule has 1 atom stereocenters. The summed E-state index contributed by atoms with van der Waals surface area (Å²) in [5, 5.41) is 0. The number of aromatic amines is 1. The highest BCUT2D eigenvalue weighted by molar-refractivity contribution is 6.00. The highest BCUT2D eigenvalue weighted by Crippen LogP contribution is 2.39. The molecule has 168 valence electrons. The van der Waals surface area contributed by atoms with E-state index in [1.807, 2.05) is 13.8 Å². The zero-order valence-corrected chi connectivity index (χ0v) is 19.5. The van der Waals surface area contributed by atoms with Crippen LogP contribution in [0.15, 0.2) is 9.79 Å². The molecular weight excluding hydrogens is 374 g/mol. The Balaban J connectivity index is 1.74. The second kappa shape index (κ2) is 11.2. The Hall–Kier alpha value is -1.53. The minimum Gasteiger partial charge on any atom is -0.310 e. The van der Waals surface area contributed by atoms with E-state index in [-0.39, 0.29) is 5.56 Å². The van der Waals surface area contributed by atoms with Crippen LogP contribution in [0.25, 0.3) is 0 Å². The third-order valence-electron chi connectivity index (χ3n) is 6.60. The summed E-state index contributed by atoms with van der Waals surface area (Å²) >= 11 is 0. The van der Waals surface area contributed by atoms with Crippen LogP contribution in [0.5, 0.6) is 0 Å². The van der Waals surface area contributed by atoms with Crippen molar-refractivity contribution >= 4 is 5.71 Å². The number of hydrogen-bond acceptors (Lipinski definition) is 5. The fourth-order valence-electron chi connectivity index (χ4n) is 4.48. The fourth-order valence-corrected chi connectivity index (χ4v) is 4.48. The van der Waals surface area contributed by atoms with E-state index in [9.17, 15) is 4.79 Å². The maximum atomic E-state index is 12.8. The van der Waals surface area contributed by atoms with Gasteiger partial charge in [-0.1, -0.05) is 26.2 Å². The second-order valence-corrected chi connectivity index (χ2v) is 9.26. The molecule has 1 aromatic heterocycles. The van der Waals surface area contributed by atoms with Crippen molar-refractivity contribution in [2.75, 3.05) is 46.3 Å². The largest absolute Gasteiger partial charge is 0.310 e. The molecule has 0 bridgehead atoms. The van der Waals surface area contributed by atoms with Crippen molar-refractivity contribution in [2.45, 2.75) is 71.6 Å². The van der Waals surface area contributed by atoms with Crippen LogP contribution in [0.4, 0.5) is 0 Å². The van der Waals surface area contributed by atoms with Gasteiger partial charge >= 0.3 is 0 Å². The summed E-state index contributed by atoms with van der Waals surface area (Å²) in [7, 11) is 2.20. The molecule has 3 rings (SSSR count). The quantitative estimate of drug-likeness (QED) is 0.561. The number of aliphatic imine (C=N–C) groups is 1. The lowest BCUT2D eigenvalue weighted by atomic mass is 9.95. The molecule has 6 nitrogen and oxygen atoms in total. The van der Waals surface area contributed by atoms with E-state index in [0.717, 1.165) is 61.9 Å². The lowest BCUT2D eigenvalue weighted by molar-refractivity contribution is 0.151. The van der Waals surface area contributed by atoms with Gasteiger partial charge in [0, 0.05) is 44.2 Å². The molecule has 0 radical (unpaired) electrons. The Morgan fingerprint density at radius 2 is 1.97 bits per heavy atom. The Labute approximate surface area is 182 Å². The van der Waals surface area contributed by atoms with Gasteiger partial charge in [0.05, 0.1) is 11.4 Å². The molecule has 30 heavy (non-hydrogen) atoms. The summed E-state index contributed by atoms with van der Waals surface area (Å²) < 4.78 is 0. The molecule has 0 aromatic carbocycles. The molecule has 1 saturated carbocycles.